The number of rotatable bonds is 9. The van der Waals surface area contributed by atoms with Crippen LogP contribution < -0.4 is 5.73 Å². The minimum Gasteiger partial charge on any atom is -0.392 e. The van der Waals surface area contributed by atoms with E-state index in [0.29, 0.717) is 37.7 Å². The zero-order valence-electron chi connectivity index (χ0n) is 10.2. The van der Waals surface area contributed by atoms with Crippen LogP contribution in [-0.2, 0) is 9.53 Å². The number of hydrogen-bond acceptors (Lipinski definition) is 3. The standard InChI is InChI=1S/C11H22N2O2S/c1-3-6-13(9-10(12)16)11(14)5-8-15-7-4-2/h3-9H2,1-2H3,(H2,12,16). The molecule has 0 atom stereocenters. The molecule has 0 aromatic carbocycles. The predicted molar refractivity (Wildman–Crippen MR) is 69.4 cm³/mol. The lowest BCUT2D eigenvalue weighted by atomic mass is 10.3. The maximum Gasteiger partial charge on any atom is 0.225 e. The number of amides is 1. The molecule has 5 heteroatoms. The number of ether oxygens (including phenoxy) is 1. The van der Waals surface area contributed by atoms with E-state index in [0.717, 1.165) is 12.8 Å². The molecule has 4 nitrogen and oxygen atoms in total. The molecule has 0 aliphatic rings. The summed E-state index contributed by atoms with van der Waals surface area (Å²) in [7, 11) is 0. The van der Waals surface area contributed by atoms with Crippen LogP contribution in [0.5, 0.6) is 0 Å². The second-order valence-electron chi connectivity index (χ2n) is 3.64. The Kier molecular flexibility index (Phi) is 9.13. The fraction of sp³-hybridized carbons (Fsp3) is 0.818. The Bertz CT molecular complexity index is 222. The number of carbonyl (C=O) groups excluding carboxylic acids is 1. The summed E-state index contributed by atoms with van der Waals surface area (Å²) in [5, 5.41) is 0. The molecule has 0 saturated carbocycles. The Morgan fingerprint density at radius 1 is 1.31 bits per heavy atom. The van der Waals surface area contributed by atoms with Gasteiger partial charge in [-0.1, -0.05) is 26.1 Å². The average Bonchev–Trinajstić information content (AvgIpc) is 2.23. The highest BCUT2D eigenvalue weighted by Crippen LogP contribution is 1.98. The van der Waals surface area contributed by atoms with Crippen LogP contribution in [0.1, 0.15) is 33.1 Å². The highest BCUT2D eigenvalue weighted by atomic mass is 32.1. The molecular weight excluding hydrogens is 224 g/mol. The molecule has 0 spiro atoms. The van der Waals surface area contributed by atoms with Crippen molar-refractivity contribution in [2.75, 3.05) is 26.3 Å². The van der Waals surface area contributed by atoms with Crippen LogP contribution >= 0.6 is 12.2 Å². The number of carbonyl (C=O) groups is 1. The third kappa shape index (κ3) is 7.59. The van der Waals surface area contributed by atoms with E-state index in [1.54, 1.807) is 4.90 Å². The number of nitrogens with two attached hydrogens (primary N) is 1. The lowest BCUT2D eigenvalue weighted by molar-refractivity contribution is -0.131. The van der Waals surface area contributed by atoms with Crippen LogP contribution in [0.4, 0.5) is 0 Å². The van der Waals surface area contributed by atoms with Gasteiger partial charge in [-0.2, -0.15) is 0 Å². The zero-order chi connectivity index (χ0) is 12.4. The summed E-state index contributed by atoms with van der Waals surface area (Å²) in [6.45, 7) is 6.31. The zero-order valence-corrected chi connectivity index (χ0v) is 11.0. The van der Waals surface area contributed by atoms with Crippen molar-refractivity contribution >= 4 is 23.1 Å². The van der Waals surface area contributed by atoms with Crippen LogP contribution in [0.15, 0.2) is 0 Å². The van der Waals surface area contributed by atoms with E-state index in [9.17, 15) is 4.79 Å². The van der Waals surface area contributed by atoms with Crippen LogP contribution in [0.25, 0.3) is 0 Å². The highest BCUT2D eigenvalue weighted by molar-refractivity contribution is 7.80. The fourth-order valence-electron chi connectivity index (χ4n) is 1.31. The van der Waals surface area contributed by atoms with E-state index in [1.807, 2.05) is 13.8 Å². The van der Waals surface area contributed by atoms with Crippen LogP contribution in [0.3, 0.4) is 0 Å². The van der Waals surface area contributed by atoms with Crippen LogP contribution in [-0.4, -0.2) is 42.1 Å². The number of nitrogens with zero attached hydrogens (tertiary/aromatic N) is 1. The van der Waals surface area contributed by atoms with E-state index in [1.165, 1.54) is 0 Å². The molecule has 1 amide bonds. The lowest BCUT2D eigenvalue weighted by Crippen LogP contribution is -2.38. The molecular formula is C11H22N2O2S. The third-order valence-electron chi connectivity index (χ3n) is 2.00. The molecule has 94 valence electrons. The first-order valence-corrected chi connectivity index (χ1v) is 6.16. The molecule has 2 N–H and O–H groups in total. The fourth-order valence-corrected chi connectivity index (χ4v) is 1.47. The summed E-state index contributed by atoms with van der Waals surface area (Å²) >= 11 is 4.81. The van der Waals surface area contributed by atoms with Crippen molar-refractivity contribution in [3.63, 3.8) is 0 Å². The molecule has 0 fully saturated rings. The van der Waals surface area contributed by atoms with Gasteiger partial charge in [-0.25, -0.2) is 0 Å². The average molecular weight is 246 g/mol. The first-order valence-electron chi connectivity index (χ1n) is 5.75. The molecule has 0 aromatic rings. The monoisotopic (exact) mass is 246 g/mol. The first-order chi connectivity index (χ1) is 7.61. The summed E-state index contributed by atoms with van der Waals surface area (Å²) in [6, 6.07) is 0. The quantitative estimate of drug-likeness (QED) is 0.492. The molecule has 0 aliphatic carbocycles. The van der Waals surface area contributed by atoms with Gasteiger partial charge in [0.1, 0.15) is 0 Å². The molecule has 0 bridgehead atoms. The van der Waals surface area contributed by atoms with Crippen molar-refractivity contribution < 1.29 is 9.53 Å². The second-order valence-corrected chi connectivity index (χ2v) is 4.17. The van der Waals surface area contributed by atoms with Gasteiger partial charge in [0, 0.05) is 13.2 Å². The van der Waals surface area contributed by atoms with Gasteiger partial charge in [-0.3, -0.25) is 4.79 Å². The summed E-state index contributed by atoms with van der Waals surface area (Å²) in [4.78, 5) is 13.8. The van der Waals surface area contributed by atoms with Crippen molar-refractivity contribution in [3.8, 4) is 0 Å². The molecule has 0 radical (unpaired) electrons. The van der Waals surface area contributed by atoms with E-state index < -0.39 is 0 Å². The van der Waals surface area contributed by atoms with E-state index >= 15 is 0 Å². The summed E-state index contributed by atoms with van der Waals surface area (Å²) in [5.41, 5.74) is 5.44. The minimum atomic E-state index is 0.0609. The maximum atomic E-state index is 11.8. The summed E-state index contributed by atoms with van der Waals surface area (Å²) in [5.74, 6) is 0.0609. The van der Waals surface area contributed by atoms with Gasteiger partial charge in [0.05, 0.1) is 24.6 Å². The molecule has 0 saturated heterocycles. The van der Waals surface area contributed by atoms with Crippen LogP contribution in [0.2, 0.25) is 0 Å². The van der Waals surface area contributed by atoms with Crippen molar-refractivity contribution in [3.05, 3.63) is 0 Å². The second kappa shape index (κ2) is 9.54. The SMILES string of the molecule is CCCOCCC(=O)N(CCC)CC(N)=S. The largest absolute Gasteiger partial charge is 0.392 e. The molecule has 0 unspecified atom stereocenters. The Balaban J connectivity index is 3.91. The van der Waals surface area contributed by atoms with Gasteiger partial charge < -0.3 is 15.4 Å². The normalized spacial score (nSPS) is 10.1. The Hall–Kier alpha value is -0.680. The van der Waals surface area contributed by atoms with Crippen LogP contribution in [0, 0.1) is 0 Å². The van der Waals surface area contributed by atoms with E-state index in [-0.39, 0.29) is 5.91 Å². The number of thiocarbonyl (C=S) groups is 1. The topological polar surface area (TPSA) is 55.6 Å². The maximum absolute atomic E-state index is 11.8. The van der Waals surface area contributed by atoms with Crippen molar-refractivity contribution in [1.29, 1.82) is 0 Å². The van der Waals surface area contributed by atoms with Gasteiger partial charge in [-0.15, -0.1) is 0 Å². The Labute approximate surface area is 103 Å². The van der Waals surface area contributed by atoms with Gasteiger partial charge in [0.15, 0.2) is 0 Å². The molecule has 0 aliphatic heterocycles. The Morgan fingerprint density at radius 2 is 2.00 bits per heavy atom. The minimum absolute atomic E-state index is 0.0609. The molecule has 0 heterocycles. The highest BCUT2D eigenvalue weighted by Gasteiger charge is 2.12. The number of hydrogen-bond donors (Lipinski definition) is 1. The predicted octanol–water partition coefficient (Wildman–Crippen LogP) is 1.33. The molecule has 16 heavy (non-hydrogen) atoms. The van der Waals surface area contributed by atoms with Gasteiger partial charge in [0.2, 0.25) is 5.91 Å². The Morgan fingerprint density at radius 3 is 2.50 bits per heavy atom. The smallest absolute Gasteiger partial charge is 0.225 e. The third-order valence-corrected chi connectivity index (χ3v) is 2.13. The molecule has 0 aromatic heterocycles. The van der Waals surface area contributed by atoms with Crippen molar-refractivity contribution in [1.82, 2.24) is 4.90 Å². The van der Waals surface area contributed by atoms with Crippen molar-refractivity contribution in [2.45, 2.75) is 33.1 Å². The summed E-state index contributed by atoms with van der Waals surface area (Å²) in [6.07, 6.45) is 2.28. The molecule has 0 rings (SSSR count). The first kappa shape index (κ1) is 15.3. The van der Waals surface area contributed by atoms with E-state index in [2.05, 4.69) is 0 Å². The van der Waals surface area contributed by atoms with Gasteiger partial charge >= 0.3 is 0 Å². The van der Waals surface area contributed by atoms with Crippen molar-refractivity contribution in [2.24, 2.45) is 5.73 Å². The van der Waals surface area contributed by atoms with Gasteiger partial charge in [0.25, 0.3) is 0 Å². The van der Waals surface area contributed by atoms with E-state index in [4.69, 9.17) is 22.7 Å². The van der Waals surface area contributed by atoms with Gasteiger partial charge in [-0.05, 0) is 12.8 Å². The summed E-state index contributed by atoms with van der Waals surface area (Å²) < 4.78 is 5.28. The lowest BCUT2D eigenvalue weighted by Gasteiger charge is -2.21.